The molecule has 19 heavy (non-hydrogen) atoms. The number of Topliss-reactive ketones (excluding diaryl/α,β-unsaturated/α-hetero) is 1. The third-order valence-electron chi connectivity index (χ3n) is 2.72. The first-order valence-corrected chi connectivity index (χ1v) is 5.24. The summed E-state index contributed by atoms with van der Waals surface area (Å²) in [6.45, 7) is -0.991. The molecule has 0 aromatic heterocycles. The molecule has 0 aliphatic heterocycles. The van der Waals surface area contributed by atoms with E-state index in [1.54, 1.807) is 0 Å². The molecule has 3 unspecified atom stereocenters. The number of aliphatic hydroxyl groups is 5. The van der Waals surface area contributed by atoms with Gasteiger partial charge in [-0.2, -0.15) is 0 Å². The summed E-state index contributed by atoms with van der Waals surface area (Å²) >= 11 is 0. The molecule has 1 aliphatic rings. The Hall–Kier alpha value is -1.74. The van der Waals surface area contributed by atoms with Crippen molar-refractivity contribution in [2.75, 3.05) is 13.7 Å². The van der Waals surface area contributed by atoms with Gasteiger partial charge in [0, 0.05) is 0 Å². The number of methoxy groups -OCH3 is 1. The van der Waals surface area contributed by atoms with Crippen molar-refractivity contribution in [1.29, 1.82) is 0 Å². The zero-order valence-corrected chi connectivity index (χ0v) is 9.98. The molecule has 0 spiro atoms. The molecule has 8 nitrogen and oxygen atoms in total. The van der Waals surface area contributed by atoms with Gasteiger partial charge >= 0.3 is 5.97 Å². The summed E-state index contributed by atoms with van der Waals surface area (Å²) in [6, 6.07) is 0. The van der Waals surface area contributed by atoms with Crippen LogP contribution < -0.4 is 0 Å². The van der Waals surface area contributed by atoms with Gasteiger partial charge in [-0.25, -0.2) is 4.79 Å². The fourth-order valence-electron chi connectivity index (χ4n) is 1.60. The van der Waals surface area contributed by atoms with E-state index in [9.17, 15) is 30.0 Å². The Kier molecular flexibility index (Phi) is 4.43. The van der Waals surface area contributed by atoms with Crippen LogP contribution in [-0.2, 0) is 14.3 Å². The van der Waals surface area contributed by atoms with E-state index in [0.717, 1.165) is 19.3 Å². The van der Waals surface area contributed by atoms with Gasteiger partial charge in [0.1, 0.15) is 18.0 Å². The fraction of sp³-hybridized carbons (Fsp3) is 0.455. The van der Waals surface area contributed by atoms with Crippen molar-refractivity contribution in [3.05, 3.63) is 23.5 Å². The van der Waals surface area contributed by atoms with Crippen molar-refractivity contribution in [2.24, 2.45) is 0 Å². The van der Waals surface area contributed by atoms with E-state index in [0.29, 0.717) is 0 Å². The Balaban J connectivity index is 3.15. The van der Waals surface area contributed by atoms with Crippen LogP contribution in [0.25, 0.3) is 0 Å². The highest BCUT2D eigenvalue weighted by Gasteiger charge is 2.51. The number of hydrogen-bond acceptors (Lipinski definition) is 8. The van der Waals surface area contributed by atoms with Crippen molar-refractivity contribution in [3.63, 3.8) is 0 Å². The molecule has 0 fully saturated rings. The predicted octanol–water partition coefficient (Wildman–Crippen LogP) is -2.44. The summed E-state index contributed by atoms with van der Waals surface area (Å²) < 4.78 is 4.35. The first-order valence-electron chi connectivity index (χ1n) is 5.24. The largest absolute Gasteiger partial charge is 0.509 e. The van der Waals surface area contributed by atoms with Gasteiger partial charge < -0.3 is 30.3 Å². The molecule has 0 amide bonds. The predicted molar refractivity (Wildman–Crippen MR) is 59.9 cm³/mol. The van der Waals surface area contributed by atoms with Crippen LogP contribution in [-0.4, -0.2) is 68.8 Å². The van der Waals surface area contributed by atoms with Crippen molar-refractivity contribution < 1.29 is 39.9 Å². The monoisotopic (exact) mass is 274 g/mol. The molecule has 5 N–H and O–H groups in total. The maximum absolute atomic E-state index is 11.7. The molecule has 8 heteroatoms. The highest BCUT2D eigenvalue weighted by molar-refractivity contribution is 5.98. The minimum Gasteiger partial charge on any atom is -0.509 e. The van der Waals surface area contributed by atoms with Crippen LogP contribution in [0.15, 0.2) is 23.5 Å². The van der Waals surface area contributed by atoms with Gasteiger partial charge in [-0.1, -0.05) is 0 Å². The lowest BCUT2D eigenvalue weighted by Gasteiger charge is -2.33. The number of ketones is 1. The first-order chi connectivity index (χ1) is 8.78. The van der Waals surface area contributed by atoms with Gasteiger partial charge in [0.15, 0.2) is 0 Å². The Labute approximate surface area is 107 Å². The molecule has 0 aromatic rings. The van der Waals surface area contributed by atoms with Crippen LogP contribution >= 0.6 is 0 Å². The molecule has 0 aromatic carbocycles. The number of carbonyl (C=O) groups excluding carboxylic acids is 2. The average Bonchev–Trinajstić information content (AvgIpc) is 2.41. The second-order valence-corrected chi connectivity index (χ2v) is 3.92. The maximum Gasteiger partial charge on any atom is 0.337 e. The van der Waals surface area contributed by atoms with Gasteiger partial charge in [-0.3, -0.25) is 4.79 Å². The minimum absolute atomic E-state index is 0.261. The molecule has 0 saturated heterocycles. The molecule has 0 radical (unpaired) electrons. The lowest BCUT2D eigenvalue weighted by molar-refractivity contribution is -0.156. The lowest BCUT2D eigenvalue weighted by Crippen LogP contribution is -2.56. The molecule has 1 rings (SSSR count). The van der Waals surface area contributed by atoms with Crippen LogP contribution in [0, 0.1) is 0 Å². The van der Waals surface area contributed by atoms with Crippen LogP contribution in [0.5, 0.6) is 0 Å². The van der Waals surface area contributed by atoms with Crippen molar-refractivity contribution >= 4 is 11.8 Å². The minimum atomic E-state index is -2.82. The second-order valence-electron chi connectivity index (χ2n) is 3.92. The van der Waals surface area contributed by atoms with Crippen LogP contribution in [0.1, 0.15) is 0 Å². The summed E-state index contributed by atoms with van der Waals surface area (Å²) in [4.78, 5) is 22.9. The number of hydrogen-bond donors (Lipinski definition) is 5. The summed E-state index contributed by atoms with van der Waals surface area (Å²) in [5.41, 5.74) is -3.08. The summed E-state index contributed by atoms with van der Waals surface area (Å²) in [6.07, 6.45) is -2.42. The number of aliphatic hydroxyl groups excluding tert-OH is 4. The average molecular weight is 274 g/mol. The zero-order chi connectivity index (χ0) is 14.8. The van der Waals surface area contributed by atoms with Crippen LogP contribution in [0.2, 0.25) is 0 Å². The number of ether oxygens (including phenoxy) is 1. The lowest BCUT2D eigenvalue weighted by atomic mass is 9.82. The van der Waals surface area contributed by atoms with Crippen molar-refractivity contribution in [2.45, 2.75) is 17.8 Å². The van der Waals surface area contributed by atoms with E-state index in [1.165, 1.54) is 0 Å². The normalized spacial score (nSPS) is 28.2. The highest BCUT2D eigenvalue weighted by atomic mass is 16.5. The van der Waals surface area contributed by atoms with E-state index in [4.69, 9.17) is 5.11 Å². The van der Waals surface area contributed by atoms with Crippen LogP contribution in [0.3, 0.4) is 0 Å². The molecule has 0 bridgehead atoms. The third-order valence-corrected chi connectivity index (χ3v) is 2.72. The smallest absolute Gasteiger partial charge is 0.337 e. The van der Waals surface area contributed by atoms with Gasteiger partial charge in [0.05, 0.1) is 19.3 Å². The molecule has 3 atom stereocenters. The molecule has 0 saturated carbocycles. The molecular formula is C11H14O8. The molecule has 106 valence electrons. The maximum atomic E-state index is 11.7. The summed E-state index contributed by atoms with van der Waals surface area (Å²) in [5.74, 6) is -3.31. The SMILES string of the molecule is COC(=O)C1=CC(O)C(O)(C(=O)C(O)CO)C(O)=C1. The van der Waals surface area contributed by atoms with Gasteiger partial charge in [0.2, 0.25) is 11.4 Å². The highest BCUT2D eigenvalue weighted by Crippen LogP contribution is 2.29. The Bertz CT molecular complexity index is 452. The van der Waals surface area contributed by atoms with Crippen LogP contribution in [0.4, 0.5) is 0 Å². The van der Waals surface area contributed by atoms with E-state index in [1.807, 2.05) is 0 Å². The standard InChI is InChI=1S/C11H14O8/c1-19-10(17)5-2-7(14)11(18,8(15)3-5)9(16)6(13)4-12/h2-3,6-7,12-15,18H,4H2,1H3. The van der Waals surface area contributed by atoms with Crippen molar-refractivity contribution in [1.82, 2.24) is 0 Å². The third kappa shape index (κ3) is 2.51. The first kappa shape index (κ1) is 15.3. The van der Waals surface area contributed by atoms with Gasteiger partial charge in [-0.15, -0.1) is 0 Å². The Morgan fingerprint density at radius 1 is 1.53 bits per heavy atom. The number of carbonyl (C=O) groups is 2. The van der Waals surface area contributed by atoms with Crippen molar-refractivity contribution in [3.8, 4) is 0 Å². The quantitative estimate of drug-likeness (QED) is 0.355. The Morgan fingerprint density at radius 3 is 2.53 bits per heavy atom. The molecule has 1 aliphatic carbocycles. The fourth-order valence-corrected chi connectivity index (χ4v) is 1.60. The molecular weight excluding hydrogens is 260 g/mol. The van der Waals surface area contributed by atoms with E-state index in [-0.39, 0.29) is 5.57 Å². The number of esters is 1. The Morgan fingerprint density at radius 2 is 2.11 bits per heavy atom. The van der Waals surface area contributed by atoms with Gasteiger partial charge in [0.25, 0.3) is 0 Å². The van der Waals surface area contributed by atoms with Gasteiger partial charge in [-0.05, 0) is 12.2 Å². The number of rotatable bonds is 4. The zero-order valence-electron chi connectivity index (χ0n) is 9.98. The second kappa shape index (κ2) is 5.49. The van der Waals surface area contributed by atoms with E-state index in [2.05, 4.69) is 4.74 Å². The van der Waals surface area contributed by atoms with E-state index >= 15 is 0 Å². The molecule has 0 heterocycles. The summed E-state index contributed by atoms with van der Waals surface area (Å²) in [7, 11) is 1.07. The summed E-state index contributed by atoms with van der Waals surface area (Å²) in [5, 5.41) is 47.1. The van der Waals surface area contributed by atoms with E-state index < -0.39 is 41.9 Å². The topological polar surface area (TPSA) is 145 Å².